The van der Waals surface area contributed by atoms with Crippen LogP contribution in [0, 0.1) is 0 Å². The predicted molar refractivity (Wildman–Crippen MR) is 79.6 cm³/mol. The number of rotatable bonds is 4. The average Bonchev–Trinajstić information content (AvgIpc) is 2.46. The van der Waals surface area contributed by atoms with E-state index >= 15 is 0 Å². The molecule has 1 fully saturated rings. The fourth-order valence-electron chi connectivity index (χ4n) is 2.38. The van der Waals surface area contributed by atoms with Gasteiger partial charge in [0.25, 0.3) is 5.91 Å². The number of nitrogens with two attached hydrogens (primary N) is 1. The first kappa shape index (κ1) is 14.7. The normalized spacial score (nSPS) is 17.8. The summed E-state index contributed by atoms with van der Waals surface area (Å²) in [6.45, 7) is 8.40. The third kappa shape index (κ3) is 3.63. The lowest BCUT2D eigenvalue weighted by Gasteiger charge is -2.35. The molecule has 1 atom stereocenters. The number of likely N-dealkylation sites (N-methyl/N-ethyl adjacent to an activating group) is 1. The Morgan fingerprint density at radius 3 is 2.65 bits per heavy atom. The highest BCUT2D eigenvalue weighted by molar-refractivity contribution is 5.81. The molecule has 1 aliphatic rings. The van der Waals surface area contributed by atoms with Crippen molar-refractivity contribution in [3.05, 3.63) is 24.3 Å². The van der Waals surface area contributed by atoms with Crippen molar-refractivity contribution in [2.75, 3.05) is 38.5 Å². The minimum absolute atomic E-state index is 0.0446. The minimum atomic E-state index is -0.482. The highest BCUT2D eigenvalue weighted by Crippen LogP contribution is 2.17. The Morgan fingerprint density at radius 2 is 2.05 bits per heavy atom. The number of hydrogen-bond acceptors (Lipinski definition) is 4. The molecular weight excluding hydrogens is 254 g/mol. The van der Waals surface area contributed by atoms with Crippen molar-refractivity contribution >= 4 is 11.6 Å². The van der Waals surface area contributed by atoms with Gasteiger partial charge in [-0.2, -0.15) is 0 Å². The van der Waals surface area contributed by atoms with Crippen molar-refractivity contribution in [1.82, 2.24) is 9.80 Å². The number of piperazine rings is 1. The summed E-state index contributed by atoms with van der Waals surface area (Å²) < 4.78 is 5.68. The van der Waals surface area contributed by atoms with E-state index in [1.165, 1.54) is 0 Å². The predicted octanol–water partition coefficient (Wildman–Crippen LogP) is 1.20. The first-order chi connectivity index (χ1) is 9.60. The number of nitrogens with zero attached hydrogens (tertiary/aromatic N) is 2. The van der Waals surface area contributed by atoms with E-state index in [-0.39, 0.29) is 5.91 Å². The van der Waals surface area contributed by atoms with Crippen LogP contribution in [0.2, 0.25) is 0 Å². The van der Waals surface area contributed by atoms with Crippen LogP contribution < -0.4 is 10.5 Å². The number of anilines is 1. The van der Waals surface area contributed by atoms with Crippen molar-refractivity contribution in [1.29, 1.82) is 0 Å². The smallest absolute Gasteiger partial charge is 0.263 e. The third-order valence-electron chi connectivity index (χ3n) is 3.65. The van der Waals surface area contributed by atoms with Crippen molar-refractivity contribution < 1.29 is 9.53 Å². The van der Waals surface area contributed by atoms with E-state index in [0.29, 0.717) is 11.4 Å². The van der Waals surface area contributed by atoms with Crippen molar-refractivity contribution in [3.63, 3.8) is 0 Å². The van der Waals surface area contributed by atoms with E-state index in [4.69, 9.17) is 10.5 Å². The van der Waals surface area contributed by atoms with Crippen LogP contribution in [0.15, 0.2) is 24.3 Å². The number of carbonyl (C=O) groups is 1. The van der Waals surface area contributed by atoms with Gasteiger partial charge in [0.2, 0.25) is 0 Å². The number of ether oxygens (including phenoxy) is 1. The van der Waals surface area contributed by atoms with Crippen LogP contribution >= 0.6 is 0 Å². The summed E-state index contributed by atoms with van der Waals surface area (Å²) in [6.07, 6.45) is -0.482. The molecule has 110 valence electrons. The largest absolute Gasteiger partial charge is 0.481 e. The zero-order chi connectivity index (χ0) is 14.5. The summed E-state index contributed by atoms with van der Waals surface area (Å²) in [5.74, 6) is 0.682. The van der Waals surface area contributed by atoms with Crippen molar-refractivity contribution in [3.8, 4) is 5.75 Å². The maximum atomic E-state index is 12.3. The second kappa shape index (κ2) is 6.61. The van der Waals surface area contributed by atoms with Crippen LogP contribution in [0.1, 0.15) is 13.8 Å². The molecule has 1 heterocycles. The summed E-state index contributed by atoms with van der Waals surface area (Å²) in [4.78, 5) is 16.6. The summed E-state index contributed by atoms with van der Waals surface area (Å²) in [7, 11) is 0. The minimum Gasteiger partial charge on any atom is -0.481 e. The molecule has 1 saturated heterocycles. The van der Waals surface area contributed by atoms with Crippen molar-refractivity contribution in [2.24, 2.45) is 0 Å². The fraction of sp³-hybridized carbons (Fsp3) is 0.533. The quantitative estimate of drug-likeness (QED) is 0.840. The second-order valence-corrected chi connectivity index (χ2v) is 5.09. The van der Waals surface area contributed by atoms with Gasteiger partial charge in [-0.05, 0) is 25.6 Å². The summed E-state index contributed by atoms with van der Waals surface area (Å²) in [5, 5.41) is 0. The van der Waals surface area contributed by atoms with E-state index in [9.17, 15) is 4.79 Å². The molecule has 2 N–H and O–H groups in total. The zero-order valence-corrected chi connectivity index (χ0v) is 12.2. The SMILES string of the molecule is CCN1CCN(C(=O)C(C)Oc2cccc(N)c2)CC1. The van der Waals surface area contributed by atoms with Gasteiger partial charge in [0.05, 0.1) is 0 Å². The van der Waals surface area contributed by atoms with Crippen LogP contribution in [-0.2, 0) is 4.79 Å². The number of carbonyl (C=O) groups excluding carboxylic acids is 1. The first-order valence-electron chi connectivity index (χ1n) is 7.13. The van der Waals surface area contributed by atoms with E-state index < -0.39 is 6.10 Å². The standard InChI is InChI=1S/C15H23N3O2/c1-3-17-7-9-18(10-8-17)15(19)12(2)20-14-6-4-5-13(16)11-14/h4-6,11-12H,3,7-10,16H2,1-2H3. The average molecular weight is 277 g/mol. The molecule has 0 bridgehead atoms. The second-order valence-electron chi connectivity index (χ2n) is 5.09. The molecule has 1 amide bonds. The van der Waals surface area contributed by atoms with Crippen LogP contribution in [0.25, 0.3) is 0 Å². The Labute approximate surface area is 120 Å². The molecule has 0 radical (unpaired) electrons. The Kier molecular flexibility index (Phi) is 4.84. The van der Waals surface area contributed by atoms with E-state index in [1.807, 2.05) is 17.0 Å². The summed E-state index contributed by atoms with van der Waals surface area (Å²) in [5.41, 5.74) is 6.34. The molecule has 5 nitrogen and oxygen atoms in total. The Hall–Kier alpha value is -1.75. The molecule has 1 aromatic carbocycles. The molecule has 1 aromatic rings. The Bertz CT molecular complexity index is 456. The molecule has 0 aliphatic carbocycles. The Morgan fingerprint density at radius 1 is 1.35 bits per heavy atom. The summed E-state index contributed by atoms with van der Waals surface area (Å²) in [6, 6.07) is 7.17. The van der Waals surface area contributed by atoms with E-state index in [1.54, 1.807) is 19.1 Å². The lowest BCUT2D eigenvalue weighted by Crippen LogP contribution is -2.51. The van der Waals surface area contributed by atoms with Gasteiger partial charge in [0, 0.05) is 37.9 Å². The van der Waals surface area contributed by atoms with Crippen LogP contribution in [-0.4, -0.2) is 54.5 Å². The Balaban J connectivity index is 1.89. The van der Waals surface area contributed by atoms with E-state index in [0.717, 1.165) is 32.7 Å². The fourth-order valence-corrected chi connectivity index (χ4v) is 2.38. The van der Waals surface area contributed by atoms with Gasteiger partial charge in [0.15, 0.2) is 6.10 Å². The number of amides is 1. The van der Waals surface area contributed by atoms with E-state index in [2.05, 4.69) is 11.8 Å². The first-order valence-corrected chi connectivity index (χ1v) is 7.13. The molecule has 1 unspecified atom stereocenters. The molecule has 0 spiro atoms. The van der Waals surface area contributed by atoms with Gasteiger partial charge in [-0.1, -0.05) is 13.0 Å². The molecule has 1 aliphatic heterocycles. The van der Waals surface area contributed by atoms with Crippen molar-refractivity contribution in [2.45, 2.75) is 20.0 Å². The number of benzene rings is 1. The third-order valence-corrected chi connectivity index (χ3v) is 3.65. The van der Waals surface area contributed by atoms with Gasteiger partial charge < -0.3 is 20.3 Å². The van der Waals surface area contributed by atoms with Gasteiger partial charge in [-0.15, -0.1) is 0 Å². The molecule has 5 heteroatoms. The topological polar surface area (TPSA) is 58.8 Å². The lowest BCUT2D eigenvalue weighted by molar-refractivity contribution is -0.139. The monoisotopic (exact) mass is 277 g/mol. The van der Waals surface area contributed by atoms with Gasteiger partial charge in [-0.25, -0.2) is 0 Å². The maximum absolute atomic E-state index is 12.3. The summed E-state index contributed by atoms with van der Waals surface area (Å²) >= 11 is 0. The van der Waals surface area contributed by atoms with Gasteiger partial charge >= 0.3 is 0 Å². The molecule has 0 aromatic heterocycles. The van der Waals surface area contributed by atoms with Crippen LogP contribution in [0.4, 0.5) is 5.69 Å². The van der Waals surface area contributed by atoms with Gasteiger partial charge in [-0.3, -0.25) is 4.79 Å². The molecule has 0 saturated carbocycles. The molecule has 2 rings (SSSR count). The number of nitrogen functional groups attached to an aromatic ring is 1. The van der Waals surface area contributed by atoms with Gasteiger partial charge in [0.1, 0.15) is 5.75 Å². The van der Waals surface area contributed by atoms with Crippen LogP contribution in [0.3, 0.4) is 0 Å². The molecule has 20 heavy (non-hydrogen) atoms. The zero-order valence-electron chi connectivity index (χ0n) is 12.2. The lowest BCUT2D eigenvalue weighted by atomic mass is 10.2. The molecular formula is C15H23N3O2. The van der Waals surface area contributed by atoms with Crippen LogP contribution in [0.5, 0.6) is 5.75 Å². The maximum Gasteiger partial charge on any atom is 0.263 e. The number of hydrogen-bond donors (Lipinski definition) is 1. The highest BCUT2D eigenvalue weighted by atomic mass is 16.5. The highest BCUT2D eigenvalue weighted by Gasteiger charge is 2.25.